The third kappa shape index (κ3) is 3.04. The van der Waals surface area contributed by atoms with Crippen LogP contribution in [0.3, 0.4) is 0 Å². The SMILES string of the molecule is COc1nc(C)cc(C)c1CNC(=O)c1n[nH]c(C)c1C. The average Bonchev–Trinajstić information content (AvgIpc) is 2.77. The smallest absolute Gasteiger partial charge is 0.272 e. The molecule has 0 atom stereocenters. The van der Waals surface area contributed by atoms with Crippen molar-refractivity contribution in [2.75, 3.05) is 7.11 Å². The summed E-state index contributed by atoms with van der Waals surface area (Å²) in [5, 5.41) is 9.70. The zero-order chi connectivity index (χ0) is 15.6. The Morgan fingerprint density at radius 2 is 2.05 bits per heavy atom. The van der Waals surface area contributed by atoms with Crippen molar-refractivity contribution in [2.45, 2.75) is 34.2 Å². The lowest BCUT2D eigenvalue weighted by molar-refractivity contribution is 0.0945. The Morgan fingerprint density at radius 1 is 1.33 bits per heavy atom. The maximum absolute atomic E-state index is 12.2. The summed E-state index contributed by atoms with van der Waals surface area (Å²) in [7, 11) is 1.58. The van der Waals surface area contributed by atoms with Crippen molar-refractivity contribution in [3.63, 3.8) is 0 Å². The van der Waals surface area contributed by atoms with Gasteiger partial charge in [0.1, 0.15) is 0 Å². The van der Waals surface area contributed by atoms with E-state index in [1.165, 1.54) is 0 Å². The van der Waals surface area contributed by atoms with Crippen molar-refractivity contribution in [2.24, 2.45) is 0 Å². The average molecular weight is 288 g/mol. The van der Waals surface area contributed by atoms with E-state index in [-0.39, 0.29) is 5.91 Å². The van der Waals surface area contributed by atoms with E-state index in [1.54, 1.807) is 7.11 Å². The van der Waals surface area contributed by atoms with Crippen molar-refractivity contribution in [1.29, 1.82) is 0 Å². The minimum atomic E-state index is -0.209. The lowest BCUT2D eigenvalue weighted by Crippen LogP contribution is -2.25. The number of methoxy groups -OCH3 is 1. The van der Waals surface area contributed by atoms with Crippen LogP contribution in [0.15, 0.2) is 6.07 Å². The zero-order valence-corrected chi connectivity index (χ0v) is 13.0. The molecule has 2 aromatic rings. The molecule has 1 amide bonds. The Bertz CT molecular complexity index is 677. The van der Waals surface area contributed by atoms with E-state index in [1.807, 2.05) is 33.8 Å². The Labute approximate surface area is 123 Å². The summed E-state index contributed by atoms with van der Waals surface area (Å²) in [5.74, 6) is 0.335. The van der Waals surface area contributed by atoms with Crippen LogP contribution in [0.4, 0.5) is 0 Å². The summed E-state index contributed by atoms with van der Waals surface area (Å²) in [4.78, 5) is 16.5. The summed E-state index contributed by atoms with van der Waals surface area (Å²) in [6.07, 6.45) is 0. The van der Waals surface area contributed by atoms with Crippen molar-refractivity contribution < 1.29 is 9.53 Å². The molecular weight excluding hydrogens is 268 g/mol. The van der Waals surface area contributed by atoms with Crippen LogP contribution in [-0.4, -0.2) is 28.2 Å². The lowest BCUT2D eigenvalue weighted by Gasteiger charge is -2.12. The number of carbonyl (C=O) groups is 1. The van der Waals surface area contributed by atoms with Crippen LogP contribution in [0.25, 0.3) is 0 Å². The third-order valence-electron chi connectivity index (χ3n) is 3.52. The normalized spacial score (nSPS) is 10.5. The second kappa shape index (κ2) is 5.95. The molecule has 0 radical (unpaired) electrons. The van der Waals surface area contributed by atoms with Crippen LogP contribution in [0.5, 0.6) is 5.88 Å². The Kier molecular flexibility index (Phi) is 4.26. The van der Waals surface area contributed by atoms with Gasteiger partial charge in [-0.05, 0) is 39.3 Å². The summed E-state index contributed by atoms with van der Waals surface area (Å²) >= 11 is 0. The summed E-state index contributed by atoms with van der Waals surface area (Å²) in [6, 6.07) is 1.97. The van der Waals surface area contributed by atoms with Gasteiger partial charge in [0.2, 0.25) is 5.88 Å². The van der Waals surface area contributed by atoms with E-state index in [0.29, 0.717) is 18.1 Å². The summed E-state index contributed by atoms with van der Waals surface area (Å²) < 4.78 is 5.29. The van der Waals surface area contributed by atoms with Gasteiger partial charge in [0.05, 0.1) is 7.11 Å². The first-order valence-corrected chi connectivity index (χ1v) is 6.75. The van der Waals surface area contributed by atoms with Crippen molar-refractivity contribution in [1.82, 2.24) is 20.5 Å². The van der Waals surface area contributed by atoms with Crippen molar-refractivity contribution in [3.05, 3.63) is 39.8 Å². The quantitative estimate of drug-likeness (QED) is 0.901. The number of aryl methyl sites for hydroxylation is 3. The molecule has 0 spiro atoms. The van der Waals surface area contributed by atoms with Crippen LogP contribution < -0.4 is 10.1 Å². The molecule has 2 aromatic heterocycles. The lowest BCUT2D eigenvalue weighted by atomic mass is 10.1. The molecule has 0 saturated carbocycles. The predicted molar refractivity (Wildman–Crippen MR) is 79.5 cm³/mol. The monoisotopic (exact) mass is 288 g/mol. The second-order valence-electron chi connectivity index (χ2n) is 5.07. The highest BCUT2D eigenvalue weighted by Gasteiger charge is 2.16. The Hall–Kier alpha value is -2.37. The first-order valence-electron chi connectivity index (χ1n) is 6.75. The number of nitrogens with zero attached hydrogens (tertiary/aromatic N) is 2. The van der Waals surface area contributed by atoms with Gasteiger partial charge < -0.3 is 10.1 Å². The van der Waals surface area contributed by atoms with E-state index in [4.69, 9.17) is 4.74 Å². The van der Waals surface area contributed by atoms with E-state index < -0.39 is 0 Å². The van der Waals surface area contributed by atoms with Crippen LogP contribution in [-0.2, 0) is 6.54 Å². The minimum absolute atomic E-state index is 0.209. The number of rotatable bonds is 4. The van der Waals surface area contributed by atoms with E-state index in [9.17, 15) is 4.79 Å². The first kappa shape index (κ1) is 15.0. The number of amides is 1. The van der Waals surface area contributed by atoms with Gasteiger partial charge in [-0.15, -0.1) is 0 Å². The summed E-state index contributed by atoms with van der Waals surface area (Å²) in [6.45, 7) is 7.99. The van der Waals surface area contributed by atoms with Gasteiger partial charge in [-0.2, -0.15) is 5.10 Å². The van der Waals surface area contributed by atoms with Crippen molar-refractivity contribution >= 4 is 5.91 Å². The van der Waals surface area contributed by atoms with Crippen LogP contribution >= 0.6 is 0 Å². The van der Waals surface area contributed by atoms with Crippen LogP contribution in [0, 0.1) is 27.7 Å². The fourth-order valence-electron chi connectivity index (χ4n) is 2.17. The molecular formula is C15H20N4O2. The maximum Gasteiger partial charge on any atom is 0.272 e. The van der Waals surface area contributed by atoms with E-state index in [2.05, 4.69) is 20.5 Å². The molecule has 0 unspecified atom stereocenters. The molecule has 2 rings (SSSR count). The Morgan fingerprint density at radius 3 is 2.62 bits per heavy atom. The van der Waals surface area contributed by atoms with Crippen LogP contribution in [0.2, 0.25) is 0 Å². The molecule has 6 heteroatoms. The van der Waals surface area contributed by atoms with Gasteiger partial charge in [-0.1, -0.05) is 0 Å². The largest absolute Gasteiger partial charge is 0.481 e. The standard InChI is InChI=1S/C15H20N4O2/c1-8-6-9(2)17-15(21-5)12(8)7-16-14(20)13-10(3)11(4)18-19-13/h6H,7H2,1-5H3,(H,16,20)(H,18,19). The molecule has 0 bridgehead atoms. The first-order chi connectivity index (χ1) is 9.93. The minimum Gasteiger partial charge on any atom is -0.481 e. The number of aromatic amines is 1. The predicted octanol–water partition coefficient (Wildman–Crippen LogP) is 1.98. The number of pyridine rings is 1. The number of hydrogen-bond acceptors (Lipinski definition) is 4. The van der Waals surface area contributed by atoms with Gasteiger partial charge in [-0.3, -0.25) is 9.89 Å². The number of hydrogen-bond donors (Lipinski definition) is 2. The molecule has 0 aliphatic heterocycles. The molecule has 0 saturated heterocycles. The molecule has 0 aromatic carbocycles. The van der Waals surface area contributed by atoms with Crippen LogP contribution in [0.1, 0.15) is 38.6 Å². The zero-order valence-electron chi connectivity index (χ0n) is 13.0. The molecule has 2 N–H and O–H groups in total. The fourth-order valence-corrected chi connectivity index (χ4v) is 2.17. The molecule has 2 heterocycles. The van der Waals surface area contributed by atoms with Gasteiger partial charge >= 0.3 is 0 Å². The van der Waals surface area contributed by atoms with Gasteiger partial charge in [0.25, 0.3) is 5.91 Å². The van der Waals surface area contributed by atoms with Gasteiger partial charge in [0, 0.05) is 29.1 Å². The summed E-state index contributed by atoms with van der Waals surface area (Å²) in [5.41, 5.74) is 4.97. The highest BCUT2D eigenvalue weighted by Crippen LogP contribution is 2.20. The highest BCUT2D eigenvalue weighted by molar-refractivity contribution is 5.93. The van der Waals surface area contributed by atoms with Gasteiger partial charge in [0.15, 0.2) is 5.69 Å². The Balaban J connectivity index is 2.17. The molecule has 112 valence electrons. The number of nitrogens with one attached hydrogen (secondary N) is 2. The van der Waals surface area contributed by atoms with E-state index >= 15 is 0 Å². The topological polar surface area (TPSA) is 79.9 Å². The maximum atomic E-state index is 12.2. The number of H-pyrrole nitrogens is 1. The third-order valence-corrected chi connectivity index (χ3v) is 3.52. The fraction of sp³-hybridized carbons (Fsp3) is 0.400. The highest BCUT2D eigenvalue weighted by atomic mass is 16.5. The number of carbonyl (C=O) groups excluding carboxylic acids is 1. The molecule has 0 aliphatic rings. The van der Waals surface area contributed by atoms with Gasteiger partial charge in [-0.25, -0.2) is 4.98 Å². The number of aromatic nitrogens is 3. The molecule has 0 aliphatic carbocycles. The molecule has 6 nitrogen and oxygen atoms in total. The second-order valence-corrected chi connectivity index (χ2v) is 5.07. The molecule has 0 fully saturated rings. The van der Waals surface area contributed by atoms with E-state index in [0.717, 1.165) is 28.1 Å². The number of ether oxygens (including phenoxy) is 1. The molecule has 21 heavy (non-hydrogen) atoms. The van der Waals surface area contributed by atoms with Crippen molar-refractivity contribution in [3.8, 4) is 5.88 Å².